The molecule has 0 saturated heterocycles. The van der Waals surface area contributed by atoms with Gasteiger partial charge in [-0.3, -0.25) is 0 Å². The zero-order valence-electron chi connectivity index (χ0n) is 13.7. The van der Waals surface area contributed by atoms with Crippen molar-refractivity contribution in [2.75, 3.05) is 0 Å². The van der Waals surface area contributed by atoms with Crippen LogP contribution >= 0.6 is 0 Å². The topological polar surface area (TPSA) is 51.6 Å². The maximum absolute atomic E-state index is 4.91. The summed E-state index contributed by atoms with van der Waals surface area (Å²) in [5.41, 5.74) is 6.82. The fourth-order valence-electron chi connectivity index (χ4n) is 3.55. The number of nitrogens with zero attached hydrogens (tertiary/aromatic N) is 4. The lowest BCUT2D eigenvalue weighted by molar-refractivity contribution is 1.36. The molecule has 0 bridgehead atoms. The number of aromatic nitrogens is 4. The van der Waals surface area contributed by atoms with Gasteiger partial charge >= 0.3 is 0 Å². The third-order valence-electron chi connectivity index (χ3n) is 4.81. The lowest BCUT2D eigenvalue weighted by Gasteiger charge is -2.07. The van der Waals surface area contributed by atoms with Gasteiger partial charge in [0.1, 0.15) is 11.0 Å². The highest BCUT2D eigenvalue weighted by molar-refractivity contribution is 6.09. The highest BCUT2D eigenvalue weighted by atomic mass is 14.9. The Morgan fingerprint density at radius 2 is 0.923 bits per heavy atom. The van der Waals surface area contributed by atoms with Crippen LogP contribution in [0.4, 0.5) is 0 Å². The van der Waals surface area contributed by atoms with Crippen LogP contribution in [0.5, 0.6) is 0 Å². The van der Waals surface area contributed by atoms with Crippen LogP contribution in [0.2, 0.25) is 0 Å². The predicted molar refractivity (Wildman–Crippen MR) is 105 cm³/mol. The van der Waals surface area contributed by atoms with E-state index < -0.39 is 0 Å². The van der Waals surface area contributed by atoms with Crippen LogP contribution in [0, 0.1) is 0 Å². The molecule has 0 atom stereocenters. The standard InChI is InChI=1S/C22H12N4/c1-2-6-14-13(5-1)9-10-17-20(14)25-19-12-11-18-21(22(19)26-17)24-16-8-4-3-7-15(16)23-18/h1-12H. The molecule has 0 spiro atoms. The number of benzene rings is 4. The summed E-state index contributed by atoms with van der Waals surface area (Å²) in [5, 5.41) is 2.28. The number of hydrogen-bond acceptors (Lipinski definition) is 4. The normalized spacial score (nSPS) is 11.8. The Balaban J connectivity index is 1.80. The van der Waals surface area contributed by atoms with Crippen molar-refractivity contribution < 1.29 is 0 Å². The molecule has 0 aliphatic heterocycles. The summed E-state index contributed by atoms with van der Waals surface area (Å²) < 4.78 is 0. The van der Waals surface area contributed by atoms with Crippen LogP contribution in [0.1, 0.15) is 0 Å². The van der Waals surface area contributed by atoms with Gasteiger partial charge in [0.15, 0.2) is 0 Å². The SMILES string of the molecule is c1ccc2c(c1)ccc1nc3c(ccc4nc5ccccc5nc43)nc12. The highest BCUT2D eigenvalue weighted by Gasteiger charge is 2.11. The van der Waals surface area contributed by atoms with E-state index in [-0.39, 0.29) is 0 Å². The van der Waals surface area contributed by atoms with E-state index in [1.165, 1.54) is 5.39 Å². The molecule has 2 heterocycles. The van der Waals surface area contributed by atoms with Gasteiger partial charge in [-0.25, -0.2) is 19.9 Å². The minimum absolute atomic E-state index is 0.795. The van der Waals surface area contributed by atoms with Gasteiger partial charge in [0.2, 0.25) is 0 Å². The molecule has 4 nitrogen and oxygen atoms in total. The molecule has 0 saturated carbocycles. The lowest BCUT2D eigenvalue weighted by atomic mass is 10.1. The Labute approximate surface area is 148 Å². The van der Waals surface area contributed by atoms with Gasteiger partial charge in [0.25, 0.3) is 0 Å². The van der Waals surface area contributed by atoms with Crippen LogP contribution in [-0.4, -0.2) is 19.9 Å². The van der Waals surface area contributed by atoms with E-state index in [4.69, 9.17) is 19.9 Å². The smallest absolute Gasteiger partial charge is 0.117 e. The van der Waals surface area contributed by atoms with E-state index in [0.29, 0.717) is 0 Å². The Morgan fingerprint density at radius 1 is 0.385 bits per heavy atom. The van der Waals surface area contributed by atoms with Crippen LogP contribution < -0.4 is 0 Å². The Bertz CT molecular complexity index is 1480. The van der Waals surface area contributed by atoms with Crippen molar-refractivity contribution >= 4 is 54.9 Å². The monoisotopic (exact) mass is 332 g/mol. The third-order valence-corrected chi connectivity index (χ3v) is 4.81. The number of hydrogen-bond donors (Lipinski definition) is 0. The molecule has 2 aromatic heterocycles. The fourth-order valence-corrected chi connectivity index (χ4v) is 3.55. The van der Waals surface area contributed by atoms with E-state index in [0.717, 1.165) is 49.5 Å². The summed E-state index contributed by atoms with van der Waals surface area (Å²) in [7, 11) is 0. The van der Waals surface area contributed by atoms with Crippen molar-refractivity contribution in [3.63, 3.8) is 0 Å². The molecule has 4 heteroatoms. The van der Waals surface area contributed by atoms with Gasteiger partial charge in [-0.15, -0.1) is 0 Å². The molecular weight excluding hydrogens is 320 g/mol. The summed E-state index contributed by atoms with van der Waals surface area (Å²) >= 11 is 0. The Morgan fingerprint density at radius 3 is 1.77 bits per heavy atom. The third kappa shape index (κ3) is 1.84. The van der Waals surface area contributed by atoms with Gasteiger partial charge in [0.05, 0.1) is 33.1 Å². The lowest BCUT2D eigenvalue weighted by Crippen LogP contribution is -1.93. The first-order valence-corrected chi connectivity index (χ1v) is 8.51. The molecular formula is C22H12N4. The molecule has 0 radical (unpaired) electrons. The van der Waals surface area contributed by atoms with Gasteiger partial charge in [0, 0.05) is 5.39 Å². The Kier molecular flexibility index (Phi) is 2.58. The molecule has 0 amide bonds. The van der Waals surface area contributed by atoms with Crippen LogP contribution in [0.15, 0.2) is 72.8 Å². The summed E-state index contributed by atoms with van der Waals surface area (Å²) in [5.74, 6) is 0. The maximum Gasteiger partial charge on any atom is 0.117 e. The van der Waals surface area contributed by atoms with Crippen LogP contribution in [-0.2, 0) is 0 Å². The first-order valence-electron chi connectivity index (χ1n) is 8.51. The second kappa shape index (κ2) is 4.92. The van der Waals surface area contributed by atoms with Crippen molar-refractivity contribution in [1.82, 2.24) is 19.9 Å². The molecule has 4 aromatic carbocycles. The fraction of sp³-hybridized carbons (Fsp3) is 0. The maximum atomic E-state index is 4.91. The van der Waals surface area contributed by atoms with E-state index in [2.05, 4.69) is 18.2 Å². The van der Waals surface area contributed by atoms with E-state index in [1.807, 2.05) is 54.6 Å². The summed E-state index contributed by atoms with van der Waals surface area (Å²) in [6.45, 7) is 0. The first-order chi connectivity index (χ1) is 12.9. The highest BCUT2D eigenvalue weighted by Crippen LogP contribution is 2.28. The van der Waals surface area contributed by atoms with Gasteiger partial charge in [-0.2, -0.15) is 0 Å². The second-order valence-corrected chi connectivity index (χ2v) is 6.39. The average molecular weight is 332 g/mol. The summed E-state index contributed by atoms with van der Waals surface area (Å²) in [6.07, 6.45) is 0. The molecule has 6 aromatic rings. The van der Waals surface area contributed by atoms with E-state index in [1.54, 1.807) is 0 Å². The van der Waals surface area contributed by atoms with Crippen molar-refractivity contribution in [2.45, 2.75) is 0 Å². The molecule has 0 aliphatic carbocycles. The van der Waals surface area contributed by atoms with Gasteiger partial charge in [-0.05, 0) is 35.7 Å². The molecule has 26 heavy (non-hydrogen) atoms. The first kappa shape index (κ1) is 13.6. The molecule has 120 valence electrons. The zero-order chi connectivity index (χ0) is 17.1. The summed E-state index contributed by atoms with van der Waals surface area (Å²) in [6, 6.07) is 24.2. The predicted octanol–water partition coefficient (Wildman–Crippen LogP) is 5.03. The summed E-state index contributed by atoms with van der Waals surface area (Å²) in [4.78, 5) is 19.3. The van der Waals surface area contributed by atoms with E-state index in [9.17, 15) is 0 Å². The molecule has 0 aliphatic rings. The minimum Gasteiger partial charge on any atom is -0.244 e. The second-order valence-electron chi connectivity index (χ2n) is 6.39. The van der Waals surface area contributed by atoms with Crippen molar-refractivity contribution in [3.05, 3.63) is 72.8 Å². The van der Waals surface area contributed by atoms with Crippen molar-refractivity contribution in [3.8, 4) is 0 Å². The largest absolute Gasteiger partial charge is 0.244 e. The average Bonchev–Trinajstić information content (AvgIpc) is 2.71. The number of rotatable bonds is 0. The quantitative estimate of drug-likeness (QED) is 0.289. The zero-order valence-corrected chi connectivity index (χ0v) is 13.7. The molecule has 0 fully saturated rings. The van der Waals surface area contributed by atoms with Crippen molar-refractivity contribution in [1.29, 1.82) is 0 Å². The van der Waals surface area contributed by atoms with Crippen LogP contribution in [0.25, 0.3) is 54.9 Å². The van der Waals surface area contributed by atoms with E-state index >= 15 is 0 Å². The number of para-hydroxylation sites is 2. The van der Waals surface area contributed by atoms with Crippen molar-refractivity contribution in [2.24, 2.45) is 0 Å². The van der Waals surface area contributed by atoms with Crippen LogP contribution in [0.3, 0.4) is 0 Å². The number of fused-ring (bicyclic) bond motifs is 7. The minimum atomic E-state index is 0.795. The Hall–Kier alpha value is -3.66. The molecule has 0 N–H and O–H groups in total. The van der Waals surface area contributed by atoms with Gasteiger partial charge < -0.3 is 0 Å². The van der Waals surface area contributed by atoms with Gasteiger partial charge in [-0.1, -0.05) is 42.5 Å². The molecule has 0 unspecified atom stereocenters. The molecule has 6 rings (SSSR count).